The highest BCUT2D eigenvalue weighted by molar-refractivity contribution is 5.87. The molecular weight excluding hydrogens is 258 g/mol. The molecule has 0 unspecified atom stereocenters. The molecule has 1 aromatic heterocycles. The van der Waals surface area contributed by atoms with Crippen LogP contribution in [0.2, 0.25) is 0 Å². The number of nitrogens with one attached hydrogen (secondary N) is 1. The van der Waals surface area contributed by atoms with Crippen LogP contribution in [0, 0.1) is 5.92 Å². The van der Waals surface area contributed by atoms with Gasteiger partial charge in [-0.05, 0) is 18.8 Å². The average molecular weight is 281 g/mol. The highest BCUT2D eigenvalue weighted by atomic mass is 16.5. The second-order valence-electron chi connectivity index (χ2n) is 5.03. The summed E-state index contributed by atoms with van der Waals surface area (Å²) in [7, 11) is 0. The third kappa shape index (κ3) is 5.86. The molecule has 6 nitrogen and oxygen atoms in total. The zero-order chi connectivity index (χ0) is 15.0. The molecule has 0 aliphatic carbocycles. The highest BCUT2D eigenvalue weighted by Gasteiger charge is 2.12. The molecule has 6 heteroatoms. The zero-order valence-corrected chi connectivity index (χ0v) is 12.3. The molecule has 1 rings (SSSR count). The first-order valence-electron chi connectivity index (χ1n) is 7.02. The van der Waals surface area contributed by atoms with Crippen LogP contribution in [0.25, 0.3) is 0 Å². The number of esters is 1. The number of ether oxygens (including phenoxy) is 1. The van der Waals surface area contributed by atoms with Gasteiger partial charge in [0.15, 0.2) is 5.69 Å². The molecule has 0 aliphatic rings. The smallest absolute Gasteiger partial charge is 0.357 e. The number of carbonyl (C=O) groups excluding carboxylic acids is 1. The molecule has 0 saturated carbocycles. The molecule has 20 heavy (non-hydrogen) atoms. The van der Waals surface area contributed by atoms with Crippen molar-refractivity contribution in [1.29, 1.82) is 0 Å². The first-order valence-corrected chi connectivity index (χ1v) is 7.02. The maximum absolute atomic E-state index is 11.8. The third-order valence-corrected chi connectivity index (χ3v) is 2.66. The van der Waals surface area contributed by atoms with Gasteiger partial charge in [0.2, 0.25) is 11.8 Å². The Morgan fingerprint density at radius 3 is 2.85 bits per heavy atom. The normalized spacial score (nSPS) is 10.6. The van der Waals surface area contributed by atoms with Gasteiger partial charge in [0.25, 0.3) is 0 Å². The standard InChI is InChI=1S/C14H23N3O3/c1-4-5-8-20-13(19)11-9-12(18)17-14(16-11)15-7-6-10(2)3/h9-10H,4-8H2,1-3H3,(H2,15,16,17,18). The fraction of sp³-hybridized carbons (Fsp3) is 0.643. The van der Waals surface area contributed by atoms with Crippen LogP contribution in [0.1, 0.15) is 50.5 Å². The van der Waals surface area contributed by atoms with Gasteiger partial charge in [-0.1, -0.05) is 27.2 Å². The molecule has 0 saturated heterocycles. The lowest BCUT2D eigenvalue weighted by molar-refractivity contribution is 0.0492. The van der Waals surface area contributed by atoms with Gasteiger partial charge in [-0.2, -0.15) is 4.98 Å². The van der Waals surface area contributed by atoms with E-state index in [9.17, 15) is 9.90 Å². The summed E-state index contributed by atoms with van der Waals surface area (Å²) < 4.78 is 5.05. The summed E-state index contributed by atoms with van der Waals surface area (Å²) >= 11 is 0. The molecule has 1 heterocycles. The van der Waals surface area contributed by atoms with Crippen molar-refractivity contribution in [2.24, 2.45) is 5.92 Å². The molecule has 0 radical (unpaired) electrons. The van der Waals surface area contributed by atoms with Gasteiger partial charge in [-0.3, -0.25) is 0 Å². The lowest BCUT2D eigenvalue weighted by Gasteiger charge is -2.08. The summed E-state index contributed by atoms with van der Waals surface area (Å²) in [6.45, 7) is 7.28. The Kier molecular flexibility index (Phi) is 6.76. The monoisotopic (exact) mass is 281 g/mol. The van der Waals surface area contributed by atoms with Crippen molar-refractivity contribution in [1.82, 2.24) is 9.97 Å². The van der Waals surface area contributed by atoms with E-state index < -0.39 is 5.97 Å². The molecule has 0 bridgehead atoms. The Bertz CT molecular complexity index is 436. The van der Waals surface area contributed by atoms with Gasteiger partial charge < -0.3 is 15.2 Å². The van der Waals surface area contributed by atoms with Crippen LogP contribution in [-0.4, -0.2) is 34.2 Å². The number of hydrogen-bond donors (Lipinski definition) is 2. The molecule has 112 valence electrons. The predicted molar refractivity (Wildman–Crippen MR) is 76.8 cm³/mol. The second-order valence-corrected chi connectivity index (χ2v) is 5.03. The first kappa shape index (κ1) is 16.2. The van der Waals surface area contributed by atoms with Crippen LogP contribution in [-0.2, 0) is 4.74 Å². The van der Waals surface area contributed by atoms with Gasteiger partial charge in [0.1, 0.15) is 0 Å². The third-order valence-electron chi connectivity index (χ3n) is 2.66. The van der Waals surface area contributed by atoms with E-state index in [2.05, 4.69) is 29.1 Å². The number of aromatic hydroxyl groups is 1. The average Bonchev–Trinajstić information content (AvgIpc) is 2.37. The number of nitrogens with zero attached hydrogens (tertiary/aromatic N) is 2. The van der Waals surface area contributed by atoms with E-state index in [1.54, 1.807) is 0 Å². The van der Waals surface area contributed by atoms with E-state index in [1.807, 2.05) is 6.92 Å². The lowest BCUT2D eigenvalue weighted by Crippen LogP contribution is -2.13. The Labute approximate surface area is 119 Å². The molecule has 2 N–H and O–H groups in total. The van der Waals surface area contributed by atoms with Crippen molar-refractivity contribution in [3.63, 3.8) is 0 Å². The van der Waals surface area contributed by atoms with Gasteiger partial charge in [-0.25, -0.2) is 9.78 Å². The van der Waals surface area contributed by atoms with E-state index in [4.69, 9.17) is 4.74 Å². The van der Waals surface area contributed by atoms with E-state index in [0.717, 1.165) is 19.3 Å². The predicted octanol–water partition coefficient (Wildman–Crippen LogP) is 2.60. The maximum atomic E-state index is 11.8. The zero-order valence-electron chi connectivity index (χ0n) is 12.3. The molecule has 1 aromatic rings. The molecule has 0 amide bonds. The quantitative estimate of drug-likeness (QED) is 0.563. The van der Waals surface area contributed by atoms with Crippen LogP contribution in [0.4, 0.5) is 5.95 Å². The Hall–Kier alpha value is -1.85. The van der Waals surface area contributed by atoms with E-state index in [1.165, 1.54) is 6.07 Å². The van der Waals surface area contributed by atoms with Gasteiger partial charge in [0.05, 0.1) is 6.61 Å². The number of aromatic nitrogens is 2. The van der Waals surface area contributed by atoms with Crippen LogP contribution >= 0.6 is 0 Å². The van der Waals surface area contributed by atoms with E-state index in [-0.39, 0.29) is 17.5 Å². The fourth-order valence-electron chi connectivity index (χ4n) is 1.47. The minimum absolute atomic E-state index is 0.0700. The number of hydrogen-bond acceptors (Lipinski definition) is 6. The first-order chi connectivity index (χ1) is 9.52. The maximum Gasteiger partial charge on any atom is 0.357 e. The number of unbranched alkanes of at least 4 members (excludes halogenated alkanes) is 1. The Morgan fingerprint density at radius 1 is 1.45 bits per heavy atom. The minimum atomic E-state index is -0.539. The Morgan fingerprint density at radius 2 is 2.20 bits per heavy atom. The van der Waals surface area contributed by atoms with Gasteiger partial charge in [-0.15, -0.1) is 0 Å². The topological polar surface area (TPSA) is 84.3 Å². The summed E-state index contributed by atoms with van der Waals surface area (Å²) in [5, 5.41) is 12.5. The highest BCUT2D eigenvalue weighted by Crippen LogP contribution is 2.12. The van der Waals surface area contributed by atoms with Gasteiger partial charge >= 0.3 is 5.97 Å². The molecular formula is C14H23N3O3. The largest absolute Gasteiger partial charge is 0.493 e. The number of anilines is 1. The number of carbonyl (C=O) groups is 1. The SMILES string of the molecule is CCCCOC(=O)c1cc(O)nc(NCCC(C)C)n1. The second kappa shape index (κ2) is 8.35. The van der Waals surface area contributed by atoms with Gasteiger partial charge in [0, 0.05) is 12.6 Å². The molecule has 0 aliphatic heterocycles. The van der Waals surface area contributed by atoms with Crippen LogP contribution in [0.3, 0.4) is 0 Å². The molecule has 0 spiro atoms. The lowest BCUT2D eigenvalue weighted by atomic mass is 10.1. The van der Waals surface area contributed by atoms with Crippen LogP contribution in [0.15, 0.2) is 6.07 Å². The summed E-state index contributed by atoms with van der Waals surface area (Å²) in [4.78, 5) is 19.6. The number of rotatable bonds is 8. The van der Waals surface area contributed by atoms with E-state index >= 15 is 0 Å². The fourth-order valence-corrected chi connectivity index (χ4v) is 1.47. The summed E-state index contributed by atoms with van der Waals surface area (Å²) in [6, 6.07) is 1.21. The van der Waals surface area contributed by atoms with E-state index in [0.29, 0.717) is 19.1 Å². The van der Waals surface area contributed by atoms with Crippen molar-refractivity contribution in [2.75, 3.05) is 18.5 Å². The molecule has 0 atom stereocenters. The minimum Gasteiger partial charge on any atom is -0.493 e. The van der Waals surface area contributed by atoms with Crippen molar-refractivity contribution in [3.05, 3.63) is 11.8 Å². The van der Waals surface area contributed by atoms with Crippen molar-refractivity contribution < 1.29 is 14.6 Å². The van der Waals surface area contributed by atoms with Crippen LogP contribution < -0.4 is 5.32 Å². The Balaban J connectivity index is 2.63. The van der Waals surface area contributed by atoms with Crippen LogP contribution in [0.5, 0.6) is 5.88 Å². The van der Waals surface area contributed by atoms with Crippen molar-refractivity contribution in [2.45, 2.75) is 40.0 Å². The van der Waals surface area contributed by atoms with Crippen molar-refractivity contribution >= 4 is 11.9 Å². The molecule has 0 aromatic carbocycles. The summed E-state index contributed by atoms with van der Waals surface area (Å²) in [6.07, 6.45) is 2.71. The molecule has 0 fully saturated rings. The summed E-state index contributed by atoms with van der Waals surface area (Å²) in [5.41, 5.74) is 0.0700. The summed E-state index contributed by atoms with van der Waals surface area (Å²) in [5.74, 6) is 0.0175. The van der Waals surface area contributed by atoms with Crippen molar-refractivity contribution in [3.8, 4) is 5.88 Å².